The van der Waals surface area contributed by atoms with E-state index in [0.717, 1.165) is 10.4 Å². The molecule has 0 aliphatic rings. The molecule has 0 radical (unpaired) electrons. The van der Waals surface area contributed by atoms with Crippen molar-refractivity contribution in [2.24, 2.45) is 0 Å². The number of ketones is 1. The molecule has 0 aliphatic heterocycles. The highest BCUT2D eigenvalue weighted by molar-refractivity contribution is 7.99. The van der Waals surface area contributed by atoms with Crippen molar-refractivity contribution < 1.29 is 14.0 Å². The number of thiophene rings is 1. The minimum Gasteiger partial charge on any atom is -0.416 e. The standard InChI is InChI=1S/C18H17N3O3S2/c1-12(22)19-10-14-7-8-16(26-14)15(23)11-25-18-21-20-17(24-18)9-13-5-3-2-4-6-13/h2-8H,9-11H2,1H3,(H,19,22). The molecule has 3 aromatic rings. The number of hydrogen-bond acceptors (Lipinski definition) is 7. The maximum atomic E-state index is 12.3. The van der Waals surface area contributed by atoms with E-state index in [1.165, 1.54) is 30.0 Å². The summed E-state index contributed by atoms with van der Waals surface area (Å²) in [7, 11) is 0. The lowest BCUT2D eigenvalue weighted by atomic mass is 10.2. The number of aromatic nitrogens is 2. The fraction of sp³-hybridized carbons (Fsp3) is 0.222. The zero-order valence-electron chi connectivity index (χ0n) is 14.1. The summed E-state index contributed by atoms with van der Waals surface area (Å²) in [6, 6.07) is 13.5. The molecule has 0 atom stereocenters. The second-order valence-corrected chi connectivity index (χ2v) is 7.61. The van der Waals surface area contributed by atoms with Crippen LogP contribution in [0.1, 0.15) is 32.9 Å². The number of benzene rings is 1. The number of hydrogen-bond donors (Lipinski definition) is 1. The van der Waals surface area contributed by atoms with Gasteiger partial charge in [-0.2, -0.15) is 0 Å². The molecule has 0 bridgehead atoms. The first kappa shape index (κ1) is 18.3. The van der Waals surface area contributed by atoms with Gasteiger partial charge in [-0.1, -0.05) is 42.1 Å². The van der Waals surface area contributed by atoms with Gasteiger partial charge in [0.2, 0.25) is 11.8 Å². The van der Waals surface area contributed by atoms with Gasteiger partial charge in [-0.3, -0.25) is 9.59 Å². The number of nitrogens with one attached hydrogen (secondary N) is 1. The molecule has 8 heteroatoms. The first-order valence-corrected chi connectivity index (χ1v) is 9.76. The van der Waals surface area contributed by atoms with E-state index in [1.807, 2.05) is 36.4 Å². The first-order chi connectivity index (χ1) is 12.6. The normalized spacial score (nSPS) is 10.7. The van der Waals surface area contributed by atoms with E-state index in [1.54, 1.807) is 6.07 Å². The molecule has 134 valence electrons. The number of Topliss-reactive ketones (excluding diaryl/α,β-unsaturated/α-hetero) is 1. The molecule has 0 unspecified atom stereocenters. The molecule has 1 N–H and O–H groups in total. The van der Waals surface area contributed by atoms with Gasteiger partial charge in [-0.25, -0.2) is 0 Å². The Kier molecular flexibility index (Phi) is 6.19. The molecule has 0 aliphatic carbocycles. The van der Waals surface area contributed by atoms with E-state index in [4.69, 9.17) is 4.42 Å². The van der Waals surface area contributed by atoms with Crippen LogP contribution in [0.15, 0.2) is 52.1 Å². The van der Waals surface area contributed by atoms with Gasteiger partial charge in [0.15, 0.2) is 5.78 Å². The summed E-state index contributed by atoms with van der Waals surface area (Å²) in [6.07, 6.45) is 0.569. The largest absolute Gasteiger partial charge is 0.416 e. The van der Waals surface area contributed by atoms with Crippen LogP contribution in [-0.2, 0) is 17.8 Å². The van der Waals surface area contributed by atoms with Gasteiger partial charge in [-0.15, -0.1) is 21.5 Å². The summed E-state index contributed by atoms with van der Waals surface area (Å²) in [5.41, 5.74) is 1.09. The van der Waals surface area contributed by atoms with Crippen LogP contribution in [-0.4, -0.2) is 27.6 Å². The maximum Gasteiger partial charge on any atom is 0.277 e. The predicted molar refractivity (Wildman–Crippen MR) is 100 cm³/mol. The Morgan fingerprint density at radius 1 is 1.15 bits per heavy atom. The second-order valence-electron chi connectivity index (χ2n) is 5.51. The molecule has 1 amide bonds. The highest BCUT2D eigenvalue weighted by Gasteiger charge is 2.13. The van der Waals surface area contributed by atoms with E-state index in [9.17, 15) is 9.59 Å². The van der Waals surface area contributed by atoms with Crippen LogP contribution < -0.4 is 5.32 Å². The van der Waals surface area contributed by atoms with Gasteiger partial charge in [0, 0.05) is 11.8 Å². The zero-order valence-corrected chi connectivity index (χ0v) is 15.7. The number of carbonyl (C=O) groups is 2. The van der Waals surface area contributed by atoms with Crippen molar-refractivity contribution in [3.05, 3.63) is 63.7 Å². The molecule has 0 fully saturated rings. The van der Waals surface area contributed by atoms with E-state index in [0.29, 0.717) is 29.0 Å². The Balaban J connectivity index is 1.51. The molecule has 2 aromatic heterocycles. The third-order valence-corrected chi connectivity index (χ3v) is 5.37. The van der Waals surface area contributed by atoms with Crippen LogP contribution in [0.4, 0.5) is 0 Å². The van der Waals surface area contributed by atoms with Crippen LogP contribution in [0, 0.1) is 0 Å². The number of carbonyl (C=O) groups excluding carboxylic acids is 2. The van der Waals surface area contributed by atoms with Gasteiger partial charge in [0.1, 0.15) is 0 Å². The molecular formula is C18H17N3O3S2. The van der Waals surface area contributed by atoms with Gasteiger partial charge in [0.05, 0.1) is 23.6 Å². The molecular weight excluding hydrogens is 370 g/mol. The second kappa shape index (κ2) is 8.77. The van der Waals surface area contributed by atoms with Crippen molar-refractivity contribution in [2.45, 2.75) is 25.1 Å². The summed E-state index contributed by atoms with van der Waals surface area (Å²) < 4.78 is 5.59. The molecule has 0 saturated carbocycles. The molecule has 26 heavy (non-hydrogen) atoms. The average molecular weight is 387 g/mol. The van der Waals surface area contributed by atoms with Gasteiger partial charge >= 0.3 is 0 Å². The number of amides is 1. The topological polar surface area (TPSA) is 85.1 Å². The molecule has 0 saturated heterocycles. The Morgan fingerprint density at radius 2 is 1.96 bits per heavy atom. The Bertz CT molecular complexity index is 890. The molecule has 0 spiro atoms. The summed E-state index contributed by atoms with van der Waals surface area (Å²) in [4.78, 5) is 24.8. The fourth-order valence-corrected chi connectivity index (χ4v) is 3.81. The van der Waals surface area contributed by atoms with Crippen molar-refractivity contribution in [1.82, 2.24) is 15.5 Å². The number of rotatable bonds is 8. The molecule has 2 heterocycles. The third kappa shape index (κ3) is 5.27. The minimum atomic E-state index is -0.0930. The monoisotopic (exact) mass is 387 g/mol. The zero-order chi connectivity index (χ0) is 18.4. The number of nitrogens with zero attached hydrogens (tertiary/aromatic N) is 2. The SMILES string of the molecule is CC(=O)NCc1ccc(C(=O)CSc2nnc(Cc3ccccc3)o2)s1. The van der Waals surface area contributed by atoms with Gasteiger partial charge < -0.3 is 9.73 Å². The fourth-order valence-electron chi connectivity index (χ4n) is 2.17. The lowest BCUT2D eigenvalue weighted by Gasteiger charge is -1.98. The number of thioether (sulfide) groups is 1. The highest BCUT2D eigenvalue weighted by Crippen LogP contribution is 2.22. The van der Waals surface area contributed by atoms with E-state index < -0.39 is 0 Å². The van der Waals surface area contributed by atoms with Crippen molar-refractivity contribution >= 4 is 34.8 Å². The minimum absolute atomic E-state index is 0.00288. The molecule has 1 aromatic carbocycles. The lowest BCUT2D eigenvalue weighted by Crippen LogP contribution is -2.18. The summed E-state index contributed by atoms with van der Waals surface area (Å²) in [6.45, 7) is 1.90. The first-order valence-electron chi connectivity index (χ1n) is 7.95. The predicted octanol–water partition coefficient (Wildman–Crippen LogP) is 3.33. The quantitative estimate of drug-likeness (QED) is 0.471. The Hall–Kier alpha value is -2.45. The van der Waals surface area contributed by atoms with E-state index in [2.05, 4.69) is 15.5 Å². The van der Waals surface area contributed by atoms with Crippen LogP contribution in [0.25, 0.3) is 0 Å². The van der Waals surface area contributed by atoms with Gasteiger partial charge in [0.25, 0.3) is 5.22 Å². The average Bonchev–Trinajstić information content (AvgIpc) is 3.28. The smallest absolute Gasteiger partial charge is 0.277 e. The maximum absolute atomic E-state index is 12.3. The van der Waals surface area contributed by atoms with Crippen LogP contribution in [0.3, 0.4) is 0 Å². The molecule has 3 rings (SSSR count). The van der Waals surface area contributed by atoms with Gasteiger partial charge in [-0.05, 0) is 17.7 Å². The van der Waals surface area contributed by atoms with Crippen LogP contribution >= 0.6 is 23.1 Å². The van der Waals surface area contributed by atoms with Crippen molar-refractivity contribution in [3.63, 3.8) is 0 Å². The Morgan fingerprint density at radius 3 is 2.73 bits per heavy atom. The summed E-state index contributed by atoms with van der Waals surface area (Å²) in [5.74, 6) is 0.661. The van der Waals surface area contributed by atoms with Crippen molar-refractivity contribution in [1.29, 1.82) is 0 Å². The van der Waals surface area contributed by atoms with E-state index in [-0.39, 0.29) is 17.4 Å². The van der Waals surface area contributed by atoms with Crippen molar-refractivity contribution in [3.8, 4) is 0 Å². The van der Waals surface area contributed by atoms with Crippen LogP contribution in [0.5, 0.6) is 0 Å². The van der Waals surface area contributed by atoms with E-state index >= 15 is 0 Å². The summed E-state index contributed by atoms with van der Waals surface area (Å²) >= 11 is 2.61. The van der Waals surface area contributed by atoms with Crippen molar-refractivity contribution in [2.75, 3.05) is 5.75 Å². The molecule has 6 nitrogen and oxygen atoms in total. The Labute approximate surface area is 159 Å². The highest BCUT2D eigenvalue weighted by atomic mass is 32.2. The lowest BCUT2D eigenvalue weighted by molar-refractivity contribution is -0.119. The summed E-state index contributed by atoms with van der Waals surface area (Å²) in [5, 5.41) is 11.1. The van der Waals surface area contributed by atoms with Crippen LogP contribution in [0.2, 0.25) is 0 Å². The third-order valence-electron chi connectivity index (χ3n) is 3.42.